The predicted octanol–water partition coefficient (Wildman–Crippen LogP) is 5.00. The molecule has 0 radical (unpaired) electrons. The van der Waals surface area contributed by atoms with Crippen LogP contribution >= 0.6 is 11.6 Å². The van der Waals surface area contributed by atoms with Gasteiger partial charge in [-0.1, -0.05) is 35.9 Å². The third kappa shape index (κ3) is 3.17. The van der Waals surface area contributed by atoms with Gasteiger partial charge in [0.15, 0.2) is 5.78 Å². The number of carbonyl (C=O) groups excluding carboxylic acids is 1. The van der Waals surface area contributed by atoms with Gasteiger partial charge >= 0.3 is 0 Å². The fourth-order valence-corrected chi connectivity index (χ4v) is 3.64. The molecule has 0 atom stereocenters. The lowest BCUT2D eigenvalue weighted by Gasteiger charge is -2.14. The van der Waals surface area contributed by atoms with E-state index in [9.17, 15) is 14.9 Å². The minimum absolute atomic E-state index is 0.0554. The molecule has 1 N–H and O–H groups in total. The molecule has 4 rings (SSSR count). The van der Waals surface area contributed by atoms with E-state index in [-0.39, 0.29) is 11.5 Å². The highest BCUT2D eigenvalue weighted by Gasteiger charge is 2.23. The SMILES string of the molecule is O=C(c1ccc([N+](=O)[O-])cc1)c1c(Cl)ccc2c1Cc1ccccc1CN2. The number of anilines is 1. The van der Waals surface area contributed by atoms with Crippen molar-refractivity contribution < 1.29 is 9.72 Å². The highest BCUT2D eigenvalue weighted by molar-refractivity contribution is 6.35. The van der Waals surface area contributed by atoms with Gasteiger partial charge in [0.05, 0.1) is 9.95 Å². The number of hydrogen-bond donors (Lipinski definition) is 1. The van der Waals surface area contributed by atoms with Crippen molar-refractivity contribution >= 4 is 28.8 Å². The topological polar surface area (TPSA) is 72.2 Å². The zero-order valence-electron chi connectivity index (χ0n) is 14.2. The smallest absolute Gasteiger partial charge is 0.269 e. The molecule has 0 fully saturated rings. The van der Waals surface area contributed by atoms with Crippen LogP contribution in [0.25, 0.3) is 0 Å². The van der Waals surface area contributed by atoms with E-state index in [4.69, 9.17) is 11.6 Å². The van der Waals surface area contributed by atoms with E-state index >= 15 is 0 Å². The van der Waals surface area contributed by atoms with Crippen LogP contribution in [0.1, 0.15) is 32.6 Å². The molecule has 134 valence electrons. The molecule has 1 aliphatic heterocycles. The summed E-state index contributed by atoms with van der Waals surface area (Å²) in [5.74, 6) is -0.243. The van der Waals surface area contributed by atoms with Crippen LogP contribution in [0, 0.1) is 10.1 Å². The average Bonchev–Trinajstić information content (AvgIpc) is 2.87. The number of carbonyl (C=O) groups is 1. The van der Waals surface area contributed by atoms with Crippen LogP contribution in [0.4, 0.5) is 11.4 Å². The van der Waals surface area contributed by atoms with Gasteiger partial charge in [-0.2, -0.15) is 0 Å². The first-order valence-electron chi connectivity index (χ1n) is 8.46. The van der Waals surface area contributed by atoms with E-state index in [1.807, 2.05) is 24.3 Å². The number of ketones is 1. The van der Waals surface area contributed by atoms with Gasteiger partial charge in [0, 0.05) is 41.9 Å². The molecule has 3 aromatic carbocycles. The van der Waals surface area contributed by atoms with E-state index in [0.717, 1.165) is 16.8 Å². The number of benzene rings is 3. The van der Waals surface area contributed by atoms with Gasteiger partial charge in [-0.05, 0) is 41.0 Å². The Morgan fingerprint density at radius 1 is 1.00 bits per heavy atom. The number of rotatable bonds is 3. The van der Waals surface area contributed by atoms with Gasteiger partial charge in [0.2, 0.25) is 0 Å². The van der Waals surface area contributed by atoms with Crippen molar-refractivity contribution in [3.8, 4) is 0 Å². The number of nitro benzene ring substituents is 1. The maximum absolute atomic E-state index is 13.2. The maximum Gasteiger partial charge on any atom is 0.269 e. The normalized spacial score (nSPS) is 12.3. The monoisotopic (exact) mass is 378 g/mol. The number of nitro groups is 1. The third-order valence-electron chi connectivity index (χ3n) is 4.78. The van der Waals surface area contributed by atoms with E-state index < -0.39 is 4.92 Å². The first-order valence-corrected chi connectivity index (χ1v) is 8.83. The van der Waals surface area contributed by atoms with Gasteiger partial charge < -0.3 is 5.32 Å². The maximum atomic E-state index is 13.2. The number of non-ortho nitro benzene ring substituents is 1. The lowest BCUT2D eigenvalue weighted by atomic mass is 9.92. The number of nitrogens with zero attached hydrogens (tertiary/aromatic N) is 1. The summed E-state index contributed by atoms with van der Waals surface area (Å²) >= 11 is 6.41. The highest BCUT2D eigenvalue weighted by Crippen LogP contribution is 2.34. The predicted molar refractivity (Wildman–Crippen MR) is 105 cm³/mol. The molecule has 0 aromatic heterocycles. The largest absolute Gasteiger partial charge is 0.381 e. The Labute approximate surface area is 160 Å². The molecule has 0 unspecified atom stereocenters. The second-order valence-corrected chi connectivity index (χ2v) is 6.79. The first-order chi connectivity index (χ1) is 13.0. The Balaban J connectivity index is 1.80. The Hall–Kier alpha value is -3.18. The second-order valence-electron chi connectivity index (χ2n) is 6.38. The van der Waals surface area contributed by atoms with Crippen LogP contribution in [0.15, 0.2) is 60.7 Å². The molecular weight excluding hydrogens is 364 g/mol. The number of nitrogens with one attached hydrogen (secondary N) is 1. The van der Waals surface area contributed by atoms with E-state index in [2.05, 4.69) is 11.4 Å². The molecule has 0 saturated heterocycles. The lowest BCUT2D eigenvalue weighted by molar-refractivity contribution is -0.384. The van der Waals surface area contributed by atoms with Crippen LogP contribution in [0.5, 0.6) is 0 Å². The van der Waals surface area contributed by atoms with Crippen LogP contribution in [-0.2, 0) is 13.0 Å². The van der Waals surface area contributed by atoms with Crippen molar-refractivity contribution in [1.82, 2.24) is 0 Å². The third-order valence-corrected chi connectivity index (χ3v) is 5.10. The molecular formula is C21H15ClN2O3. The van der Waals surface area contributed by atoms with Gasteiger partial charge in [-0.25, -0.2) is 0 Å². The van der Waals surface area contributed by atoms with Crippen molar-refractivity contribution in [2.24, 2.45) is 0 Å². The lowest BCUT2D eigenvalue weighted by Crippen LogP contribution is -2.09. The molecule has 0 saturated carbocycles. The summed E-state index contributed by atoms with van der Waals surface area (Å²) in [6.45, 7) is 0.677. The molecule has 0 aliphatic carbocycles. The fraction of sp³-hybridized carbons (Fsp3) is 0.0952. The molecule has 0 bridgehead atoms. The highest BCUT2D eigenvalue weighted by atomic mass is 35.5. The fourth-order valence-electron chi connectivity index (χ4n) is 3.38. The van der Waals surface area contributed by atoms with Gasteiger partial charge in [-0.15, -0.1) is 0 Å². The summed E-state index contributed by atoms with van der Waals surface area (Å²) < 4.78 is 0. The molecule has 27 heavy (non-hydrogen) atoms. The van der Waals surface area contributed by atoms with Crippen molar-refractivity contribution in [1.29, 1.82) is 0 Å². The van der Waals surface area contributed by atoms with Crippen LogP contribution < -0.4 is 5.32 Å². The zero-order valence-corrected chi connectivity index (χ0v) is 15.0. The average molecular weight is 379 g/mol. The number of fused-ring (bicyclic) bond motifs is 2. The Morgan fingerprint density at radius 3 is 2.41 bits per heavy atom. The molecule has 1 aliphatic rings. The Bertz CT molecular complexity index is 1060. The van der Waals surface area contributed by atoms with Crippen molar-refractivity contribution in [3.05, 3.63) is 104 Å². The summed E-state index contributed by atoms with van der Waals surface area (Å²) in [5, 5.41) is 14.6. The molecule has 6 heteroatoms. The summed E-state index contributed by atoms with van der Waals surface area (Å²) in [6, 6.07) is 17.3. The van der Waals surface area contributed by atoms with Gasteiger partial charge in [0.25, 0.3) is 5.69 Å². The molecule has 0 amide bonds. The minimum atomic E-state index is -0.489. The number of hydrogen-bond acceptors (Lipinski definition) is 4. The van der Waals surface area contributed by atoms with Crippen LogP contribution in [-0.4, -0.2) is 10.7 Å². The minimum Gasteiger partial charge on any atom is -0.381 e. The molecule has 1 heterocycles. The quantitative estimate of drug-likeness (QED) is 0.395. The summed E-state index contributed by atoms with van der Waals surface area (Å²) in [4.78, 5) is 23.5. The van der Waals surface area contributed by atoms with E-state index in [0.29, 0.717) is 29.1 Å². The standard InChI is InChI=1S/C21H15ClN2O3/c22-18-9-10-19-17(11-14-3-1-2-4-15(14)12-23-19)20(18)21(25)13-5-7-16(8-6-13)24(26)27/h1-10,23H,11-12H2. The summed E-state index contributed by atoms with van der Waals surface area (Å²) in [6.07, 6.45) is 0.590. The summed E-state index contributed by atoms with van der Waals surface area (Å²) in [5.41, 5.74) is 4.79. The number of halogens is 1. The first kappa shape index (κ1) is 17.2. The molecule has 0 spiro atoms. The van der Waals surface area contributed by atoms with Crippen molar-refractivity contribution in [3.63, 3.8) is 0 Å². The zero-order chi connectivity index (χ0) is 19.0. The molecule has 3 aromatic rings. The van der Waals surface area contributed by atoms with Gasteiger partial charge in [-0.3, -0.25) is 14.9 Å². The van der Waals surface area contributed by atoms with Crippen LogP contribution in [0.2, 0.25) is 5.02 Å². The summed E-state index contributed by atoms with van der Waals surface area (Å²) in [7, 11) is 0. The van der Waals surface area contributed by atoms with Crippen molar-refractivity contribution in [2.75, 3.05) is 5.32 Å². The second kappa shape index (κ2) is 6.85. The Morgan fingerprint density at radius 2 is 1.70 bits per heavy atom. The van der Waals surface area contributed by atoms with E-state index in [1.54, 1.807) is 6.07 Å². The Kier molecular flexibility index (Phi) is 4.38. The van der Waals surface area contributed by atoms with Gasteiger partial charge in [0.1, 0.15) is 0 Å². The van der Waals surface area contributed by atoms with E-state index in [1.165, 1.54) is 29.8 Å². The van der Waals surface area contributed by atoms with Crippen molar-refractivity contribution in [2.45, 2.75) is 13.0 Å². The van der Waals surface area contributed by atoms with Crippen LogP contribution in [0.3, 0.4) is 0 Å². The molecule has 5 nitrogen and oxygen atoms in total.